The molecule has 0 spiro atoms. The van der Waals surface area contributed by atoms with Crippen molar-refractivity contribution >= 4 is 0 Å². The van der Waals surface area contributed by atoms with Gasteiger partial charge in [0.05, 0.1) is 6.10 Å². The molecule has 0 aromatic heterocycles. The lowest BCUT2D eigenvalue weighted by Crippen LogP contribution is -2.26. The number of ether oxygens (including phenoxy) is 1. The van der Waals surface area contributed by atoms with Gasteiger partial charge in [0.25, 0.3) is 6.43 Å². The lowest BCUT2D eigenvalue weighted by Gasteiger charge is -2.17. The van der Waals surface area contributed by atoms with E-state index in [-0.39, 0.29) is 6.10 Å². The van der Waals surface area contributed by atoms with Crippen LogP contribution in [-0.4, -0.2) is 25.7 Å². The summed E-state index contributed by atoms with van der Waals surface area (Å²) in [5.74, 6) is 0.295. The highest BCUT2D eigenvalue weighted by molar-refractivity contribution is 4.78. The molecule has 0 amide bonds. The van der Waals surface area contributed by atoms with E-state index in [0.29, 0.717) is 12.5 Å². The number of hydrogen-bond acceptors (Lipinski definition) is 2. The van der Waals surface area contributed by atoms with Crippen LogP contribution in [0.25, 0.3) is 0 Å². The van der Waals surface area contributed by atoms with Crippen LogP contribution in [-0.2, 0) is 4.74 Å². The average Bonchev–Trinajstić information content (AvgIpc) is 2.47. The molecule has 0 saturated heterocycles. The van der Waals surface area contributed by atoms with Gasteiger partial charge in [-0.1, -0.05) is 6.42 Å². The second-order valence-electron chi connectivity index (χ2n) is 3.19. The van der Waals surface area contributed by atoms with E-state index in [4.69, 9.17) is 10.5 Å². The highest BCUT2D eigenvalue weighted by Gasteiger charge is 2.27. The van der Waals surface area contributed by atoms with Crippen LogP contribution in [0, 0.1) is 5.92 Å². The van der Waals surface area contributed by atoms with Gasteiger partial charge in [-0.05, 0) is 25.3 Å². The molecule has 1 saturated carbocycles. The monoisotopic (exact) mass is 179 g/mol. The molecule has 2 nitrogen and oxygen atoms in total. The van der Waals surface area contributed by atoms with E-state index in [1.165, 1.54) is 0 Å². The zero-order chi connectivity index (χ0) is 8.97. The van der Waals surface area contributed by atoms with Gasteiger partial charge in [0, 0.05) is 0 Å². The highest BCUT2D eigenvalue weighted by atomic mass is 19.3. The molecule has 0 aliphatic heterocycles. The first-order valence-corrected chi connectivity index (χ1v) is 4.34. The summed E-state index contributed by atoms with van der Waals surface area (Å²) in [7, 11) is 0. The lowest BCUT2D eigenvalue weighted by molar-refractivity contribution is -0.0363. The minimum atomic E-state index is -2.36. The van der Waals surface area contributed by atoms with Crippen LogP contribution in [0.4, 0.5) is 8.78 Å². The van der Waals surface area contributed by atoms with E-state index in [2.05, 4.69) is 0 Å². The molecule has 4 heteroatoms. The lowest BCUT2D eigenvalue weighted by atomic mass is 10.1. The molecule has 1 aliphatic rings. The maximum absolute atomic E-state index is 11.8. The minimum absolute atomic E-state index is 0.0241. The Hall–Kier alpha value is -0.220. The van der Waals surface area contributed by atoms with E-state index >= 15 is 0 Å². The van der Waals surface area contributed by atoms with Crippen molar-refractivity contribution in [1.29, 1.82) is 0 Å². The predicted molar refractivity (Wildman–Crippen MR) is 42.1 cm³/mol. The van der Waals surface area contributed by atoms with E-state index < -0.39 is 13.0 Å². The molecule has 1 aliphatic carbocycles. The van der Waals surface area contributed by atoms with Crippen LogP contribution in [0.3, 0.4) is 0 Å². The molecule has 1 rings (SSSR count). The summed E-state index contributed by atoms with van der Waals surface area (Å²) in [6.07, 6.45) is 0.572. The van der Waals surface area contributed by atoms with E-state index in [1.807, 2.05) is 0 Å². The van der Waals surface area contributed by atoms with Crippen LogP contribution >= 0.6 is 0 Å². The number of hydrogen-bond donors (Lipinski definition) is 1. The summed E-state index contributed by atoms with van der Waals surface area (Å²) < 4.78 is 28.6. The molecule has 0 heterocycles. The Bertz CT molecular complexity index is 132. The fourth-order valence-electron chi connectivity index (χ4n) is 1.69. The average molecular weight is 179 g/mol. The largest absolute Gasteiger partial charge is 0.372 e. The Balaban J connectivity index is 2.21. The van der Waals surface area contributed by atoms with Gasteiger partial charge in [-0.25, -0.2) is 8.78 Å². The Kier molecular flexibility index (Phi) is 3.88. The Labute approximate surface area is 71.1 Å². The fraction of sp³-hybridized carbons (Fsp3) is 1.00. The smallest absolute Gasteiger partial charge is 0.261 e. The first kappa shape index (κ1) is 9.86. The third-order valence-corrected chi connectivity index (χ3v) is 2.33. The van der Waals surface area contributed by atoms with Gasteiger partial charge in [0.2, 0.25) is 0 Å². The minimum Gasteiger partial charge on any atom is -0.372 e. The highest BCUT2D eigenvalue weighted by Crippen LogP contribution is 2.27. The predicted octanol–water partition coefficient (Wildman–Crippen LogP) is 1.40. The molecule has 1 fully saturated rings. The second kappa shape index (κ2) is 4.72. The molecular weight excluding hydrogens is 164 g/mol. The summed E-state index contributed by atoms with van der Waals surface area (Å²) in [6.45, 7) is 0.106. The first-order valence-electron chi connectivity index (χ1n) is 4.34. The zero-order valence-corrected chi connectivity index (χ0v) is 7.01. The summed E-state index contributed by atoms with van der Waals surface area (Å²) in [5, 5.41) is 0. The third-order valence-electron chi connectivity index (χ3n) is 2.33. The molecule has 0 radical (unpaired) electrons. The number of halogens is 2. The van der Waals surface area contributed by atoms with E-state index in [9.17, 15) is 8.78 Å². The first-order chi connectivity index (χ1) is 5.74. The van der Waals surface area contributed by atoms with Gasteiger partial charge < -0.3 is 10.5 Å². The van der Waals surface area contributed by atoms with E-state index in [0.717, 1.165) is 19.3 Å². The van der Waals surface area contributed by atoms with Crippen molar-refractivity contribution in [3.8, 4) is 0 Å². The molecule has 0 aromatic carbocycles. The van der Waals surface area contributed by atoms with Crippen LogP contribution in [0.5, 0.6) is 0 Å². The molecule has 72 valence electrons. The zero-order valence-electron chi connectivity index (χ0n) is 7.01. The topological polar surface area (TPSA) is 35.2 Å². The molecule has 0 aromatic rings. The van der Waals surface area contributed by atoms with Gasteiger partial charge in [-0.15, -0.1) is 0 Å². The third kappa shape index (κ3) is 2.68. The van der Waals surface area contributed by atoms with Gasteiger partial charge in [-0.3, -0.25) is 0 Å². The fourth-order valence-corrected chi connectivity index (χ4v) is 1.69. The standard InChI is InChI=1S/C8H15F2NO/c9-8(10)5-12-7-3-1-2-6(7)4-11/h6-8H,1-5,11H2. The van der Waals surface area contributed by atoms with Crippen molar-refractivity contribution in [1.82, 2.24) is 0 Å². The van der Waals surface area contributed by atoms with Gasteiger partial charge in [-0.2, -0.15) is 0 Å². The summed E-state index contributed by atoms with van der Waals surface area (Å²) >= 11 is 0. The van der Waals surface area contributed by atoms with Crippen LogP contribution < -0.4 is 5.73 Å². The molecule has 12 heavy (non-hydrogen) atoms. The van der Waals surface area contributed by atoms with Crippen molar-refractivity contribution in [2.75, 3.05) is 13.2 Å². The van der Waals surface area contributed by atoms with Crippen molar-refractivity contribution in [3.63, 3.8) is 0 Å². The van der Waals surface area contributed by atoms with Gasteiger partial charge in [0.15, 0.2) is 0 Å². The van der Waals surface area contributed by atoms with Crippen LogP contribution in [0.1, 0.15) is 19.3 Å². The number of rotatable bonds is 4. The normalized spacial score (nSPS) is 30.0. The molecular formula is C8H15F2NO. The van der Waals surface area contributed by atoms with Gasteiger partial charge in [0.1, 0.15) is 6.61 Å². The number of nitrogens with two attached hydrogens (primary N) is 1. The Morgan fingerprint density at radius 2 is 2.17 bits per heavy atom. The SMILES string of the molecule is NCC1CCCC1OCC(F)F. The maximum Gasteiger partial charge on any atom is 0.261 e. The van der Waals surface area contributed by atoms with Gasteiger partial charge >= 0.3 is 0 Å². The quantitative estimate of drug-likeness (QED) is 0.708. The van der Waals surface area contributed by atoms with Crippen LogP contribution in [0.15, 0.2) is 0 Å². The second-order valence-corrected chi connectivity index (χ2v) is 3.19. The maximum atomic E-state index is 11.8. The van der Waals surface area contributed by atoms with Crippen molar-refractivity contribution in [2.45, 2.75) is 31.8 Å². The summed E-state index contributed by atoms with van der Waals surface area (Å²) in [6, 6.07) is 0. The molecule has 2 N–H and O–H groups in total. The van der Waals surface area contributed by atoms with E-state index in [1.54, 1.807) is 0 Å². The number of alkyl halides is 2. The molecule has 2 atom stereocenters. The molecule has 0 bridgehead atoms. The summed E-state index contributed by atoms with van der Waals surface area (Å²) in [4.78, 5) is 0. The van der Waals surface area contributed by atoms with Crippen molar-refractivity contribution in [2.24, 2.45) is 11.7 Å². The molecule has 2 unspecified atom stereocenters. The summed E-state index contributed by atoms with van der Waals surface area (Å²) in [5.41, 5.74) is 5.46. The van der Waals surface area contributed by atoms with Crippen LogP contribution in [0.2, 0.25) is 0 Å². The Morgan fingerprint density at radius 1 is 1.42 bits per heavy atom. The van der Waals surface area contributed by atoms with Crippen molar-refractivity contribution < 1.29 is 13.5 Å². The Morgan fingerprint density at radius 3 is 2.75 bits per heavy atom. The van der Waals surface area contributed by atoms with Crippen molar-refractivity contribution in [3.05, 3.63) is 0 Å².